The van der Waals surface area contributed by atoms with Crippen LogP contribution in [0.2, 0.25) is 0 Å². The number of nitrogens with zero attached hydrogens (tertiary/aromatic N) is 4. The molecule has 0 unspecified atom stereocenters. The highest BCUT2D eigenvalue weighted by Gasteiger charge is 2.10. The molecule has 0 radical (unpaired) electrons. The van der Waals surface area contributed by atoms with Gasteiger partial charge in [-0.2, -0.15) is 14.9 Å². The van der Waals surface area contributed by atoms with E-state index in [0.717, 1.165) is 28.5 Å². The van der Waals surface area contributed by atoms with Gasteiger partial charge in [-0.3, -0.25) is 5.10 Å². The van der Waals surface area contributed by atoms with Crippen molar-refractivity contribution in [3.8, 4) is 5.69 Å². The third kappa shape index (κ3) is 2.78. The Labute approximate surface area is 156 Å². The zero-order valence-electron chi connectivity index (χ0n) is 14.9. The minimum Gasteiger partial charge on any atom is -0.318 e. The smallest absolute Gasteiger partial charge is 0.216 e. The number of aromatic amines is 1. The summed E-state index contributed by atoms with van der Waals surface area (Å²) in [5, 5.41) is 13.8. The van der Waals surface area contributed by atoms with E-state index in [1.54, 1.807) is 4.68 Å². The molecule has 130 valence electrons. The van der Waals surface area contributed by atoms with Crippen LogP contribution in [0.3, 0.4) is 0 Å². The summed E-state index contributed by atoms with van der Waals surface area (Å²) in [6, 6.07) is 17.1. The fraction of sp³-hybridized carbons (Fsp3) is 0.150. The van der Waals surface area contributed by atoms with E-state index in [1.165, 1.54) is 10.8 Å². The lowest BCUT2D eigenvalue weighted by atomic mass is 10.1. The Morgan fingerprint density at radius 1 is 1.04 bits per heavy atom. The van der Waals surface area contributed by atoms with E-state index in [-0.39, 0.29) is 0 Å². The number of aryl methyl sites for hydroxylation is 2. The first-order valence-electron chi connectivity index (χ1n) is 8.41. The highest BCUT2D eigenvalue weighted by molar-refractivity contribution is 7.71. The Morgan fingerprint density at radius 3 is 2.54 bits per heavy atom. The van der Waals surface area contributed by atoms with Crippen molar-refractivity contribution in [2.75, 3.05) is 0 Å². The molecule has 0 spiro atoms. The van der Waals surface area contributed by atoms with Gasteiger partial charge >= 0.3 is 0 Å². The quantitative estimate of drug-likeness (QED) is 0.425. The van der Waals surface area contributed by atoms with Crippen molar-refractivity contribution in [1.29, 1.82) is 0 Å². The van der Waals surface area contributed by atoms with Crippen molar-refractivity contribution in [3.63, 3.8) is 0 Å². The maximum absolute atomic E-state index is 5.20. The van der Waals surface area contributed by atoms with Crippen molar-refractivity contribution < 1.29 is 0 Å². The molecular formula is C20H19N5S. The van der Waals surface area contributed by atoms with Crippen LogP contribution < -0.4 is 0 Å². The molecule has 4 aromatic rings. The summed E-state index contributed by atoms with van der Waals surface area (Å²) in [6.45, 7) is 6.07. The number of hydrogen-bond acceptors (Lipinski definition) is 3. The predicted octanol–water partition coefficient (Wildman–Crippen LogP) is 4.69. The summed E-state index contributed by atoms with van der Waals surface area (Å²) in [7, 11) is 0. The van der Waals surface area contributed by atoms with Gasteiger partial charge in [-0.15, -0.1) is 0 Å². The van der Waals surface area contributed by atoms with Crippen molar-refractivity contribution in [2.24, 2.45) is 5.10 Å². The maximum atomic E-state index is 5.20. The van der Waals surface area contributed by atoms with Crippen LogP contribution in [-0.4, -0.2) is 25.7 Å². The average Bonchev–Trinajstić information content (AvgIpc) is 3.11. The molecule has 0 bridgehead atoms. The lowest BCUT2D eigenvalue weighted by molar-refractivity contribution is 0.820. The largest absolute Gasteiger partial charge is 0.318 e. The number of H-pyrrole nitrogens is 1. The van der Waals surface area contributed by atoms with E-state index in [0.29, 0.717) is 4.77 Å². The second-order valence-corrected chi connectivity index (χ2v) is 6.71. The molecule has 4 rings (SSSR count). The van der Waals surface area contributed by atoms with Gasteiger partial charge in [0.25, 0.3) is 0 Å². The number of aromatic nitrogens is 4. The second-order valence-electron chi connectivity index (χ2n) is 6.33. The summed E-state index contributed by atoms with van der Waals surface area (Å²) in [4.78, 5) is 0. The standard InChI is InChI=1S/C20H19N5S/c1-13-10-18(12-21-25-15(3)22-23-20(25)26)14(2)24(13)19-9-8-16-6-4-5-7-17(16)11-19/h4-12H,1-3H3,(H,23,26)/b21-12-. The van der Waals surface area contributed by atoms with E-state index in [4.69, 9.17) is 12.2 Å². The minimum absolute atomic E-state index is 0.488. The minimum atomic E-state index is 0.488. The van der Waals surface area contributed by atoms with Crippen LogP contribution in [0.5, 0.6) is 0 Å². The van der Waals surface area contributed by atoms with Gasteiger partial charge < -0.3 is 4.57 Å². The Bertz CT molecular complexity index is 1190. The van der Waals surface area contributed by atoms with Gasteiger partial charge in [-0.1, -0.05) is 30.3 Å². The van der Waals surface area contributed by atoms with Crippen LogP contribution in [0.4, 0.5) is 0 Å². The first kappa shape index (κ1) is 16.5. The Kier molecular flexibility index (Phi) is 4.05. The zero-order valence-corrected chi connectivity index (χ0v) is 15.7. The first-order valence-corrected chi connectivity index (χ1v) is 8.82. The molecule has 0 aliphatic rings. The molecule has 0 fully saturated rings. The summed E-state index contributed by atoms with van der Waals surface area (Å²) < 4.78 is 4.36. The molecular weight excluding hydrogens is 342 g/mol. The van der Waals surface area contributed by atoms with Crippen molar-refractivity contribution in [3.05, 3.63) is 76.1 Å². The van der Waals surface area contributed by atoms with Crippen LogP contribution in [0.25, 0.3) is 16.5 Å². The van der Waals surface area contributed by atoms with Gasteiger partial charge in [-0.05, 0) is 62.0 Å². The van der Waals surface area contributed by atoms with E-state index in [2.05, 4.69) is 82.2 Å². The van der Waals surface area contributed by atoms with Gasteiger partial charge in [0, 0.05) is 22.6 Å². The van der Waals surface area contributed by atoms with Gasteiger partial charge in [-0.25, -0.2) is 0 Å². The molecule has 2 heterocycles. The van der Waals surface area contributed by atoms with Crippen LogP contribution in [0, 0.1) is 25.5 Å². The molecule has 2 aromatic heterocycles. The molecule has 0 amide bonds. The Morgan fingerprint density at radius 2 is 1.81 bits per heavy atom. The second kappa shape index (κ2) is 6.38. The first-order chi connectivity index (χ1) is 12.5. The Balaban J connectivity index is 1.77. The van der Waals surface area contributed by atoms with Crippen LogP contribution in [0.15, 0.2) is 53.6 Å². The highest BCUT2D eigenvalue weighted by atomic mass is 32.1. The van der Waals surface area contributed by atoms with E-state index in [1.807, 2.05) is 13.1 Å². The van der Waals surface area contributed by atoms with Gasteiger partial charge in [0.1, 0.15) is 5.82 Å². The summed E-state index contributed by atoms with van der Waals surface area (Å²) in [5.74, 6) is 0.731. The number of benzene rings is 2. The molecule has 1 N–H and O–H groups in total. The lowest BCUT2D eigenvalue weighted by Gasteiger charge is -2.11. The number of rotatable bonds is 3. The molecule has 0 aliphatic carbocycles. The number of fused-ring (bicyclic) bond motifs is 1. The number of hydrogen-bond donors (Lipinski definition) is 1. The third-order valence-corrected chi connectivity index (χ3v) is 4.85. The average molecular weight is 361 g/mol. The fourth-order valence-electron chi connectivity index (χ4n) is 3.26. The van der Waals surface area contributed by atoms with Crippen LogP contribution >= 0.6 is 12.2 Å². The van der Waals surface area contributed by atoms with Crippen LogP contribution in [0.1, 0.15) is 22.8 Å². The maximum Gasteiger partial charge on any atom is 0.216 e. The summed E-state index contributed by atoms with van der Waals surface area (Å²) in [5.41, 5.74) is 4.49. The molecule has 26 heavy (non-hydrogen) atoms. The predicted molar refractivity (Wildman–Crippen MR) is 108 cm³/mol. The van der Waals surface area contributed by atoms with Crippen molar-refractivity contribution in [1.82, 2.24) is 19.4 Å². The molecule has 6 heteroatoms. The van der Waals surface area contributed by atoms with E-state index in [9.17, 15) is 0 Å². The lowest BCUT2D eigenvalue weighted by Crippen LogP contribution is -2.00. The van der Waals surface area contributed by atoms with E-state index < -0.39 is 0 Å². The molecule has 0 saturated heterocycles. The van der Waals surface area contributed by atoms with Crippen LogP contribution in [-0.2, 0) is 0 Å². The topological polar surface area (TPSA) is 50.9 Å². The third-order valence-electron chi connectivity index (χ3n) is 4.59. The van der Waals surface area contributed by atoms with E-state index >= 15 is 0 Å². The summed E-state index contributed by atoms with van der Waals surface area (Å²) in [6.07, 6.45) is 1.83. The van der Waals surface area contributed by atoms with Gasteiger partial charge in [0.15, 0.2) is 0 Å². The SMILES string of the molecule is Cc1cc(/C=N\n2c(C)n[nH]c2=S)c(C)n1-c1ccc2ccccc2c1. The molecule has 0 aliphatic heterocycles. The number of nitrogens with one attached hydrogen (secondary N) is 1. The monoisotopic (exact) mass is 361 g/mol. The van der Waals surface area contributed by atoms with Gasteiger partial charge in [0.2, 0.25) is 4.77 Å². The fourth-order valence-corrected chi connectivity index (χ4v) is 3.48. The summed E-state index contributed by atoms with van der Waals surface area (Å²) >= 11 is 5.20. The highest BCUT2D eigenvalue weighted by Crippen LogP contribution is 2.23. The van der Waals surface area contributed by atoms with Crippen molar-refractivity contribution >= 4 is 29.2 Å². The van der Waals surface area contributed by atoms with Gasteiger partial charge in [0.05, 0.1) is 6.21 Å². The molecule has 0 saturated carbocycles. The van der Waals surface area contributed by atoms with Crippen molar-refractivity contribution in [2.45, 2.75) is 20.8 Å². The molecule has 0 atom stereocenters. The normalized spacial score (nSPS) is 11.7. The molecule has 2 aromatic carbocycles. The molecule has 5 nitrogen and oxygen atoms in total. The zero-order chi connectivity index (χ0) is 18.3. The Hall–Kier alpha value is -2.99.